The van der Waals surface area contributed by atoms with E-state index in [2.05, 4.69) is 4.98 Å². The molecule has 0 spiro atoms. The van der Waals surface area contributed by atoms with Gasteiger partial charge in [-0.05, 0) is 29.7 Å². The molecular weight excluding hydrogens is 339 g/mol. The Morgan fingerprint density at radius 2 is 2.23 bits per heavy atom. The normalized spacial score (nSPS) is 16.3. The van der Waals surface area contributed by atoms with Crippen molar-refractivity contribution in [3.63, 3.8) is 0 Å². The number of nitrogens with zero attached hydrogens (tertiary/aromatic N) is 2. The maximum atomic E-state index is 14.3. The number of hydrogen-bond donors (Lipinski definition) is 1. The first-order valence-corrected chi connectivity index (χ1v) is 8.37. The molecule has 0 saturated heterocycles. The standard InChI is InChI=1S/C19H21FN2O4/c1-25-17-6-5-13(8-21-17)11-26-12-18(24)22-9-14(10-23)7-15-3-2-4-16(20)19(15)22/h2-6,8,14,23H,7,9-12H2,1H3. The van der Waals surface area contributed by atoms with E-state index in [0.717, 1.165) is 11.1 Å². The van der Waals surface area contributed by atoms with Gasteiger partial charge in [0.05, 0.1) is 19.4 Å². The smallest absolute Gasteiger partial charge is 0.253 e. The number of carbonyl (C=O) groups is 1. The lowest BCUT2D eigenvalue weighted by atomic mass is 9.92. The van der Waals surface area contributed by atoms with Gasteiger partial charge in [0.2, 0.25) is 5.88 Å². The molecule has 0 radical (unpaired) electrons. The number of ether oxygens (including phenoxy) is 2. The first-order valence-electron chi connectivity index (χ1n) is 8.37. The molecule has 26 heavy (non-hydrogen) atoms. The first-order chi connectivity index (χ1) is 12.6. The lowest BCUT2D eigenvalue weighted by Crippen LogP contribution is -2.43. The van der Waals surface area contributed by atoms with Gasteiger partial charge in [0.1, 0.15) is 12.4 Å². The van der Waals surface area contributed by atoms with Crippen LogP contribution in [0.3, 0.4) is 0 Å². The number of benzene rings is 1. The van der Waals surface area contributed by atoms with E-state index in [9.17, 15) is 14.3 Å². The van der Waals surface area contributed by atoms with Gasteiger partial charge in [-0.2, -0.15) is 0 Å². The summed E-state index contributed by atoms with van der Waals surface area (Å²) in [7, 11) is 1.53. The molecule has 1 aliphatic heterocycles. The van der Waals surface area contributed by atoms with Gasteiger partial charge in [0.15, 0.2) is 0 Å². The van der Waals surface area contributed by atoms with Crippen LogP contribution in [0.25, 0.3) is 0 Å². The molecule has 7 heteroatoms. The summed E-state index contributed by atoms with van der Waals surface area (Å²) in [5, 5.41) is 9.47. The molecule has 138 valence electrons. The minimum atomic E-state index is -0.438. The largest absolute Gasteiger partial charge is 0.481 e. The zero-order chi connectivity index (χ0) is 18.5. The molecule has 1 unspecified atom stereocenters. The monoisotopic (exact) mass is 360 g/mol. The number of fused-ring (bicyclic) bond motifs is 1. The van der Waals surface area contributed by atoms with Crippen LogP contribution >= 0.6 is 0 Å². The minimum absolute atomic E-state index is 0.0574. The maximum absolute atomic E-state index is 14.3. The Morgan fingerprint density at radius 3 is 2.92 bits per heavy atom. The average molecular weight is 360 g/mol. The lowest BCUT2D eigenvalue weighted by Gasteiger charge is -2.34. The average Bonchev–Trinajstić information content (AvgIpc) is 2.67. The maximum Gasteiger partial charge on any atom is 0.253 e. The summed E-state index contributed by atoms with van der Waals surface area (Å²) in [5.41, 5.74) is 1.82. The summed E-state index contributed by atoms with van der Waals surface area (Å²) in [6.07, 6.45) is 2.16. The van der Waals surface area contributed by atoms with Gasteiger partial charge in [-0.1, -0.05) is 12.1 Å². The van der Waals surface area contributed by atoms with Crippen LogP contribution in [-0.4, -0.2) is 42.9 Å². The molecule has 0 fully saturated rings. The second kappa shape index (κ2) is 8.25. The van der Waals surface area contributed by atoms with Crippen molar-refractivity contribution < 1.29 is 23.8 Å². The van der Waals surface area contributed by atoms with Crippen LogP contribution in [0, 0.1) is 11.7 Å². The highest BCUT2D eigenvalue weighted by Crippen LogP contribution is 2.32. The molecule has 2 aromatic rings. The van der Waals surface area contributed by atoms with E-state index < -0.39 is 5.82 Å². The predicted octanol–water partition coefficient (Wildman–Crippen LogP) is 1.94. The summed E-state index contributed by atoms with van der Waals surface area (Å²) >= 11 is 0. The molecule has 1 N–H and O–H groups in total. The number of amides is 1. The van der Waals surface area contributed by atoms with E-state index in [1.165, 1.54) is 18.1 Å². The molecule has 6 nitrogen and oxygen atoms in total. The van der Waals surface area contributed by atoms with Crippen molar-refractivity contribution in [2.45, 2.75) is 13.0 Å². The molecule has 0 aliphatic carbocycles. The Labute approximate surface area is 151 Å². The quantitative estimate of drug-likeness (QED) is 0.852. The summed E-state index contributed by atoms with van der Waals surface area (Å²) in [6, 6.07) is 8.24. The Hall–Kier alpha value is -2.51. The van der Waals surface area contributed by atoms with E-state index in [-0.39, 0.29) is 43.9 Å². The minimum Gasteiger partial charge on any atom is -0.481 e. The number of aliphatic hydroxyl groups is 1. The summed E-state index contributed by atoms with van der Waals surface area (Å²) in [5.74, 6) is -0.387. The molecule has 2 heterocycles. The second-order valence-electron chi connectivity index (χ2n) is 6.21. The lowest BCUT2D eigenvalue weighted by molar-refractivity contribution is -0.123. The van der Waals surface area contributed by atoms with Gasteiger partial charge in [-0.25, -0.2) is 9.37 Å². The van der Waals surface area contributed by atoms with Gasteiger partial charge >= 0.3 is 0 Å². The van der Waals surface area contributed by atoms with Crippen LogP contribution in [0.4, 0.5) is 10.1 Å². The fourth-order valence-electron chi connectivity index (χ4n) is 3.05. The van der Waals surface area contributed by atoms with Crippen LogP contribution in [0.5, 0.6) is 5.88 Å². The van der Waals surface area contributed by atoms with E-state index in [0.29, 0.717) is 12.3 Å². The van der Waals surface area contributed by atoms with Crippen LogP contribution in [0.15, 0.2) is 36.5 Å². The molecule has 1 aliphatic rings. The van der Waals surface area contributed by atoms with Crippen LogP contribution < -0.4 is 9.64 Å². The third-order valence-corrected chi connectivity index (χ3v) is 4.35. The zero-order valence-corrected chi connectivity index (χ0v) is 14.5. The van der Waals surface area contributed by atoms with Crippen molar-refractivity contribution in [1.29, 1.82) is 0 Å². The van der Waals surface area contributed by atoms with Crippen LogP contribution in [0.2, 0.25) is 0 Å². The Bertz CT molecular complexity index is 767. The van der Waals surface area contributed by atoms with Gasteiger partial charge < -0.3 is 19.5 Å². The highest BCUT2D eigenvalue weighted by atomic mass is 19.1. The van der Waals surface area contributed by atoms with E-state index in [4.69, 9.17) is 9.47 Å². The zero-order valence-electron chi connectivity index (χ0n) is 14.5. The number of halogens is 1. The molecule has 1 aromatic carbocycles. The van der Waals surface area contributed by atoms with Crippen molar-refractivity contribution in [2.24, 2.45) is 5.92 Å². The number of anilines is 1. The van der Waals surface area contributed by atoms with Crippen molar-refractivity contribution in [3.05, 3.63) is 53.5 Å². The Morgan fingerprint density at radius 1 is 1.38 bits per heavy atom. The number of carbonyl (C=O) groups excluding carboxylic acids is 1. The number of aromatic nitrogens is 1. The number of methoxy groups -OCH3 is 1. The molecule has 3 rings (SSSR count). The molecule has 0 saturated carbocycles. The van der Waals surface area contributed by atoms with Gasteiger partial charge in [0, 0.05) is 31.3 Å². The third-order valence-electron chi connectivity index (χ3n) is 4.35. The van der Waals surface area contributed by atoms with E-state index in [1.807, 2.05) is 0 Å². The van der Waals surface area contributed by atoms with Gasteiger partial charge in [0.25, 0.3) is 5.91 Å². The number of aliphatic hydroxyl groups excluding tert-OH is 1. The number of hydrogen-bond acceptors (Lipinski definition) is 5. The highest BCUT2D eigenvalue weighted by molar-refractivity contribution is 5.95. The molecule has 1 atom stereocenters. The predicted molar refractivity (Wildman–Crippen MR) is 93.5 cm³/mol. The number of rotatable bonds is 6. The SMILES string of the molecule is COc1ccc(COCC(=O)N2CC(CO)Cc3cccc(F)c32)cn1. The number of para-hydroxylation sites is 1. The van der Waals surface area contributed by atoms with Gasteiger partial charge in [-0.15, -0.1) is 0 Å². The Balaban J connectivity index is 1.65. The topological polar surface area (TPSA) is 71.9 Å². The van der Waals surface area contributed by atoms with Gasteiger partial charge in [-0.3, -0.25) is 4.79 Å². The highest BCUT2D eigenvalue weighted by Gasteiger charge is 2.30. The first kappa shape index (κ1) is 18.3. The second-order valence-corrected chi connectivity index (χ2v) is 6.21. The summed E-state index contributed by atoms with van der Waals surface area (Å²) in [4.78, 5) is 18.0. The summed E-state index contributed by atoms with van der Waals surface area (Å²) in [6.45, 7) is 0.247. The van der Waals surface area contributed by atoms with Crippen molar-refractivity contribution in [3.8, 4) is 5.88 Å². The van der Waals surface area contributed by atoms with E-state index >= 15 is 0 Å². The molecule has 1 amide bonds. The molecule has 0 bridgehead atoms. The van der Waals surface area contributed by atoms with E-state index in [1.54, 1.807) is 30.5 Å². The van der Waals surface area contributed by atoms with Crippen molar-refractivity contribution in [1.82, 2.24) is 4.98 Å². The van der Waals surface area contributed by atoms with Crippen LogP contribution in [-0.2, 0) is 22.6 Å². The van der Waals surface area contributed by atoms with Crippen LogP contribution in [0.1, 0.15) is 11.1 Å². The fourth-order valence-corrected chi connectivity index (χ4v) is 3.05. The molecule has 1 aromatic heterocycles. The van der Waals surface area contributed by atoms with Crippen molar-refractivity contribution >= 4 is 11.6 Å². The molecular formula is C19H21FN2O4. The number of pyridine rings is 1. The van der Waals surface area contributed by atoms with Crippen molar-refractivity contribution in [2.75, 3.05) is 31.8 Å². The fraction of sp³-hybridized carbons (Fsp3) is 0.368. The summed E-state index contributed by atoms with van der Waals surface area (Å²) < 4.78 is 24.7. The third kappa shape index (κ3) is 4.00. The Kier molecular flexibility index (Phi) is 5.80.